The van der Waals surface area contributed by atoms with Crippen LogP contribution in [0, 0.1) is 6.92 Å². The van der Waals surface area contributed by atoms with Crippen LogP contribution in [0.4, 0.5) is 0 Å². The first-order valence-corrected chi connectivity index (χ1v) is 6.23. The van der Waals surface area contributed by atoms with E-state index in [2.05, 4.69) is 39.0 Å². The Bertz CT molecular complexity index is 470. The van der Waals surface area contributed by atoms with E-state index < -0.39 is 0 Å². The summed E-state index contributed by atoms with van der Waals surface area (Å²) in [5.41, 5.74) is 1.02. The van der Waals surface area contributed by atoms with E-state index in [4.69, 9.17) is 0 Å². The molecule has 0 N–H and O–H groups in total. The summed E-state index contributed by atoms with van der Waals surface area (Å²) in [6.45, 7) is 4.88. The zero-order chi connectivity index (χ0) is 12.3. The summed E-state index contributed by atoms with van der Waals surface area (Å²) >= 11 is 1.63. The Labute approximate surface area is 105 Å². The summed E-state index contributed by atoms with van der Waals surface area (Å²) < 4.78 is 0. The normalized spacial score (nSPS) is 12.9. The highest BCUT2D eigenvalue weighted by atomic mass is 32.1. The first-order valence-electron chi connectivity index (χ1n) is 5.42. The summed E-state index contributed by atoms with van der Waals surface area (Å²) in [6.07, 6.45) is 3.34. The highest BCUT2D eigenvalue weighted by Gasteiger charge is 2.14. The van der Waals surface area contributed by atoms with Crippen molar-refractivity contribution in [1.82, 2.24) is 25.1 Å². The Morgan fingerprint density at radius 1 is 1.41 bits per heavy atom. The standard InChI is InChI=1S/C11H15N5S/c1-8(10-4-5-12-7-13-10)16(3)6-11-15-14-9(2)17-11/h4-5,7-8H,6H2,1-3H3/t8-/m1/s1. The molecule has 0 saturated carbocycles. The molecule has 0 fully saturated rings. The summed E-state index contributed by atoms with van der Waals surface area (Å²) in [4.78, 5) is 10.4. The minimum absolute atomic E-state index is 0.238. The van der Waals surface area contributed by atoms with Crippen molar-refractivity contribution in [3.8, 4) is 0 Å². The molecule has 6 heteroatoms. The topological polar surface area (TPSA) is 54.8 Å². The van der Waals surface area contributed by atoms with Gasteiger partial charge in [-0.3, -0.25) is 4.90 Å². The molecule has 2 aromatic rings. The van der Waals surface area contributed by atoms with Crippen LogP contribution in [0.15, 0.2) is 18.6 Å². The lowest BCUT2D eigenvalue weighted by molar-refractivity contribution is 0.247. The maximum Gasteiger partial charge on any atom is 0.131 e. The van der Waals surface area contributed by atoms with Gasteiger partial charge >= 0.3 is 0 Å². The third-order valence-corrected chi connectivity index (χ3v) is 3.47. The molecule has 17 heavy (non-hydrogen) atoms. The fraction of sp³-hybridized carbons (Fsp3) is 0.455. The van der Waals surface area contributed by atoms with E-state index in [9.17, 15) is 0 Å². The number of nitrogens with zero attached hydrogens (tertiary/aromatic N) is 5. The van der Waals surface area contributed by atoms with Gasteiger partial charge in [-0.2, -0.15) is 0 Å². The van der Waals surface area contributed by atoms with Crippen molar-refractivity contribution in [2.24, 2.45) is 0 Å². The molecule has 5 nitrogen and oxygen atoms in total. The van der Waals surface area contributed by atoms with Crippen molar-refractivity contribution in [3.63, 3.8) is 0 Å². The summed E-state index contributed by atoms with van der Waals surface area (Å²) in [7, 11) is 2.06. The van der Waals surface area contributed by atoms with Crippen LogP contribution in [0.2, 0.25) is 0 Å². The van der Waals surface area contributed by atoms with Crippen LogP contribution < -0.4 is 0 Å². The molecule has 0 saturated heterocycles. The summed E-state index contributed by atoms with van der Waals surface area (Å²) in [5.74, 6) is 0. The van der Waals surface area contributed by atoms with Gasteiger partial charge in [0.05, 0.1) is 12.2 Å². The number of aryl methyl sites for hydroxylation is 1. The molecular weight excluding hydrogens is 234 g/mol. The van der Waals surface area contributed by atoms with Gasteiger partial charge in [0, 0.05) is 12.2 Å². The van der Waals surface area contributed by atoms with Gasteiger partial charge in [0.15, 0.2) is 0 Å². The summed E-state index contributed by atoms with van der Waals surface area (Å²) in [6, 6.07) is 2.18. The molecule has 0 unspecified atom stereocenters. The highest BCUT2D eigenvalue weighted by Crippen LogP contribution is 2.19. The first-order chi connectivity index (χ1) is 8.16. The van der Waals surface area contributed by atoms with Crippen molar-refractivity contribution in [1.29, 1.82) is 0 Å². The predicted molar refractivity (Wildman–Crippen MR) is 66.6 cm³/mol. The molecule has 0 amide bonds. The van der Waals surface area contributed by atoms with Crippen LogP contribution in [-0.4, -0.2) is 32.1 Å². The monoisotopic (exact) mass is 249 g/mol. The molecular formula is C11H15N5S. The van der Waals surface area contributed by atoms with E-state index in [1.54, 1.807) is 23.9 Å². The minimum atomic E-state index is 0.238. The average Bonchev–Trinajstić information content (AvgIpc) is 2.75. The maximum atomic E-state index is 4.26. The van der Waals surface area contributed by atoms with Crippen LogP contribution in [-0.2, 0) is 6.54 Å². The Hall–Kier alpha value is -1.40. The maximum absolute atomic E-state index is 4.26. The Kier molecular flexibility index (Phi) is 3.75. The van der Waals surface area contributed by atoms with Crippen molar-refractivity contribution < 1.29 is 0 Å². The highest BCUT2D eigenvalue weighted by molar-refractivity contribution is 7.11. The second kappa shape index (κ2) is 5.29. The SMILES string of the molecule is Cc1nnc(CN(C)[C@H](C)c2ccncn2)s1. The average molecular weight is 249 g/mol. The van der Waals surface area contributed by atoms with Gasteiger partial charge in [0.1, 0.15) is 16.3 Å². The van der Waals surface area contributed by atoms with E-state index in [-0.39, 0.29) is 6.04 Å². The molecule has 2 rings (SSSR count). The Balaban J connectivity index is 2.03. The van der Waals surface area contributed by atoms with Crippen LogP contribution >= 0.6 is 11.3 Å². The second-order valence-electron chi connectivity index (χ2n) is 3.94. The Morgan fingerprint density at radius 3 is 2.82 bits per heavy atom. The second-order valence-corrected chi connectivity index (χ2v) is 5.21. The fourth-order valence-electron chi connectivity index (χ4n) is 1.53. The van der Waals surface area contributed by atoms with Gasteiger partial charge in [-0.15, -0.1) is 21.5 Å². The van der Waals surface area contributed by atoms with E-state index in [1.165, 1.54) is 0 Å². The molecule has 90 valence electrons. The van der Waals surface area contributed by atoms with E-state index in [1.807, 2.05) is 13.0 Å². The van der Waals surface area contributed by atoms with Gasteiger partial charge in [-0.25, -0.2) is 9.97 Å². The largest absolute Gasteiger partial charge is 0.291 e. The first kappa shape index (κ1) is 12.1. The van der Waals surface area contributed by atoms with Crippen LogP contribution in [0.25, 0.3) is 0 Å². The van der Waals surface area contributed by atoms with Gasteiger partial charge in [-0.1, -0.05) is 0 Å². The molecule has 0 aromatic carbocycles. The lowest BCUT2D eigenvalue weighted by atomic mass is 10.2. The zero-order valence-electron chi connectivity index (χ0n) is 10.2. The molecule has 2 aromatic heterocycles. The molecule has 0 aliphatic heterocycles. The molecule has 0 aliphatic rings. The van der Waals surface area contributed by atoms with E-state index in [0.717, 1.165) is 22.3 Å². The third kappa shape index (κ3) is 3.04. The van der Waals surface area contributed by atoms with Crippen molar-refractivity contribution in [2.45, 2.75) is 26.4 Å². The van der Waals surface area contributed by atoms with Crippen molar-refractivity contribution >= 4 is 11.3 Å². The van der Waals surface area contributed by atoms with Crippen molar-refractivity contribution in [2.75, 3.05) is 7.05 Å². The molecule has 2 heterocycles. The van der Waals surface area contributed by atoms with Crippen molar-refractivity contribution in [3.05, 3.63) is 34.3 Å². The van der Waals surface area contributed by atoms with Gasteiger partial charge in [-0.05, 0) is 27.0 Å². The predicted octanol–water partition coefficient (Wildman–Crippen LogP) is 1.83. The third-order valence-electron chi connectivity index (χ3n) is 2.65. The van der Waals surface area contributed by atoms with E-state index >= 15 is 0 Å². The number of hydrogen-bond donors (Lipinski definition) is 0. The van der Waals surface area contributed by atoms with Crippen LogP contribution in [0.1, 0.15) is 28.7 Å². The lowest BCUT2D eigenvalue weighted by Gasteiger charge is -2.22. The molecule has 0 bridgehead atoms. The number of rotatable bonds is 4. The quantitative estimate of drug-likeness (QED) is 0.827. The zero-order valence-corrected chi connectivity index (χ0v) is 11.0. The van der Waals surface area contributed by atoms with Crippen LogP contribution in [0.3, 0.4) is 0 Å². The molecule has 1 atom stereocenters. The molecule has 0 aliphatic carbocycles. The fourth-order valence-corrected chi connectivity index (χ4v) is 2.30. The molecule has 0 spiro atoms. The van der Waals surface area contributed by atoms with Gasteiger partial charge in [0.25, 0.3) is 0 Å². The van der Waals surface area contributed by atoms with Gasteiger partial charge in [0.2, 0.25) is 0 Å². The molecule has 0 radical (unpaired) electrons. The minimum Gasteiger partial charge on any atom is -0.291 e. The van der Waals surface area contributed by atoms with Gasteiger partial charge < -0.3 is 0 Å². The smallest absolute Gasteiger partial charge is 0.131 e. The number of aromatic nitrogens is 4. The van der Waals surface area contributed by atoms with Crippen LogP contribution in [0.5, 0.6) is 0 Å². The Morgan fingerprint density at radius 2 is 2.24 bits per heavy atom. The summed E-state index contributed by atoms with van der Waals surface area (Å²) in [5, 5.41) is 10.2. The lowest BCUT2D eigenvalue weighted by Crippen LogP contribution is -2.22. The van der Waals surface area contributed by atoms with E-state index in [0.29, 0.717) is 0 Å². The number of hydrogen-bond acceptors (Lipinski definition) is 6.